The molecule has 2 aromatic heterocycles. The number of nitrogens with zero attached hydrogens (tertiary/aromatic N) is 1. The molecule has 6 rings (SSSR count). The van der Waals surface area contributed by atoms with Crippen LogP contribution < -0.4 is 25.3 Å². The lowest BCUT2D eigenvalue weighted by molar-refractivity contribution is -0.135. The molecule has 9 heteroatoms. The number of hydrogen-bond donors (Lipinski definition) is 2. The van der Waals surface area contributed by atoms with Crippen LogP contribution in [0, 0.1) is 6.92 Å². The first kappa shape index (κ1) is 22.0. The van der Waals surface area contributed by atoms with Crippen molar-refractivity contribution in [1.82, 2.24) is 9.55 Å². The molecular formula is C27H22N2O7. The quantitative estimate of drug-likeness (QED) is 0.425. The number of phenols is 1. The van der Waals surface area contributed by atoms with E-state index in [4.69, 9.17) is 14.2 Å². The van der Waals surface area contributed by atoms with E-state index in [1.54, 1.807) is 60.0 Å². The number of esters is 1. The van der Waals surface area contributed by atoms with Gasteiger partial charge in [0.2, 0.25) is 6.79 Å². The lowest BCUT2D eigenvalue weighted by atomic mass is 9.87. The number of nitrogens with one attached hydrogen (secondary N) is 1. The van der Waals surface area contributed by atoms with Crippen LogP contribution in [0.4, 0.5) is 0 Å². The van der Waals surface area contributed by atoms with Crippen LogP contribution in [0.1, 0.15) is 34.7 Å². The van der Waals surface area contributed by atoms with Gasteiger partial charge >= 0.3 is 5.97 Å². The van der Waals surface area contributed by atoms with E-state index < -0.39 is 11.9 Å². The van der Waals surface area contributed by atoms with E-state index in [1.165, 1.54) is 0 Å². The zero-order valence-electron chi connectivity index (χ0n) is 19.4. The summed E-state index contributed by atoms with van der Waals surface area (Å²) in [4.78, 5) is 42.2. The van der Waals surface area contributed by atoms with E-state index in [9.17, 15) is 19.5 Å². The summed E-state index contributed by atoms with van der Waals surface area (Å²) < 4.78 is 17.9. The molecule has 0 saturated heterocycles. The van der Waals surface area contributed by atoms with Crippen LogP contribution in [-0.4, -0.2) is 27.4 Å². The highest BCUT2D eigenvalue weighted by atomic mass is 16.7. The number of carbonyl (C=O) groups excluding carboxylic acids is 1. The summed E-state index contributed by atoms with van der Waals surface area (Å²) in [7, 11) is 0. The van der Waals surface area contributed by atoms with Gasteiger partial charge in [0, 0.05) is 41.2 Å². The molecule has 4 aromatic rings. The first-order valence-electron chi connectivity index (χ1n) is 11.6. The number of aromatic nitrogens is 2. The molecule has 2 aromatic carbocycles. The van der Waals surface area contributed by atoms with Crippen molar-refractivity contribution in [2.45, 2.75) is 32.2 Å². The molecule has 2 aliphatic heterocycles. The molecule has 182 valence electrons. The minimum absolute atomic E-state index is 0.105. The van der Waals surface area contributed by atoms with Gasteiger partial charge in [0.05, 0.1) is 17.5 Å². The molecular weight excluding hydrogens is 464 g/mol. The van der Waals surface area contributed by atoms with E-state index in [-0.39, 0.29) is 41.4 Å². The molecule has 0 aliphatic carbocycles. The van der Waals surface area contributed by atoms with Crippen LogP contribution in [0.3, 0.4) is 0 Å². The molecule has 2 aliphatic rings. The Morgan fingerprint density at radius 3 is 2.53 bits per heavy atom. The lowest BCUT2D eigenvalue weighted by Gasteiger charge is -2.26. The van der Waals surface area contributed by atoms with E-state index in [2.05, 4.69) is 4.98 Å². The molecule has 0 radical (unpaired) electrons. The normalized spacial score (nSPS) is 16.1. The standard InChI is InChI=1S/C27H22N2O7/c1-14-8-23-25(27(33)29(14)7-6-15-2-4-17(30)5-3-15)18(11-24(31)36-23)19-9-16-10-21-22(35-13-34-21)12-20(16)28-26(19)32/h2-5,8-10,12,18,30H,6-7,11,13H2,1H3,(H,28,32)/t18-/m0/s1. The number of pyridine rings is 2. The Bertz CT molecular complexity index is 1650. The fourth-order valence-corrected chi connectivity index (χ4v) is 4.91. The monoisotopic (exact) mass is 486 g/mol. The number of aromatic hydroxyl groups is 1. The Kier molecular flexibility index (Phi) is 5.06. The molecule has 0 fully saturated rings. The number of ether oxygens (including phenoxy) is 3. The average Bonchev–Trinajstić information content (AvgIpc) is 3.29. The second-order valence-electron chi connectivity index (χ2n) is 9.01. The molecule has 0 amide bonds. The second kappa shape index (κ2) is 8.30. The summed E-state index contributed by atoms with van der Waals surface area (Å²) in [5.74, 6) is 0.215. The molecule has 1 atom stereocenters. The molecule has 0 bridgehead atoms. The minimum Gasteiger partial charge on any atom is -0.508 e. The Labute approximate surface area is 204 Å². The van der Waals surface area contributed by atoms with Crippen LogP contribution in [0.2, 0.25) is 0 Å². The zero-order valence-corrected chi connectivity index (χ0v) is 19.4. The molecule has 0 saturated carbocycles. The summed E-state index contributed by atoms with van der Waals surface area (Å²) in [6.45, 7) is 2.27. The van der Waals surface area contributed by atoms with Gasteiger partial charge < -0.3 is 28.9 Å². The number of aryl methyl sites for hydroxylation is 2. The molecule has 2 N–H and O–H groups in total. The van der Waals surface area contributed by atoms with Gasteiger partial charge in [-0.2, -0.15) is 0 Å². The van der Waals surface area contributed by atoms with Gasteiger partial charge in [0.1, 0.15) is 11.5 Å². The number of carbonyl (C=O) groups is 1. The van der Waals surface area contributed by atoms with Crippen LogP contribution >= 0.6 is 0 Å². The smallest absolute Gasteiger partial charge is 0.312 e. The number of rotatable bonds is 4. The number of benzene rings is 2. The maximum Gasteiger partial charge on any atom is 0.312 e. The van der Waals surface area contributed by atoms with Crippen molar-refractivity contribution in [1.29, 1.82) is 0 Å². The molecule has 36 heavy (non-hydrogen) atoms. The third-order valence-corrected chi connectivity index (χ3v) is 6.75. The van der Waals surface area contributed by atoms with E-state index >= 15 is 0 Å². The number of phenolic OH excluding ortho intramolecular Hbond substituents is 1. The van der Waals surface area contributed by atoms with Crippen LogP contribution in [0.25, 0.3) is 10.9 Å². The Morgan fingerprint density at radius 2 is 1.75 bits per heavy atom. The number of fused-ring (bicyclic) bond motifs is 3. The van der Waals surface area contributed by atoms with Gasteiger partial charge in [-0.15, -0.1) is 0 Å². The van der Waals surface area contributed by atoms with Crippen molar-refractivity contribution < 1.29 is 24.1 Å². The van der Waals surface area contributed by atoms with Crippen molar-refractivity contribution in [3.63, 3.8) is 0 Å². The van der Waals surface area contributed by atoms with Crippen LogP contribution in [0.15, 0.2) is 58.1 Å². The van der Waals surface area contributed by atoms with Gasteiger partial charge in [0.25, 0.3) is 11.1 Å². The predicted molar refractivity (Wildman–Crippen MR) is 130 cm³/mol. The van der Waals surface area contributed by atoms with Crippen molar-refractivity contribution in [3.8, 4) is 23.0 Å². The predicted octanol–water partition coefficient (Wildman–Crippen LogP) is 3.12. The van der Waals surface area contributed by atoms with Gasteiger partial charge in [-0.3, -0.25) is 14.4 Å². The van der Waals surface area contributed by atoms with E-state index in [1.807, 2.05) is 0 Å². The minimum atomic E-state index is -0.757. The first-order chi connectivity index (χ1) is 17.4. The summed E-state index contributed by atoms with van der Waals surface area (Å²) >= 11 is 0. The topological polar surface area (TPSA) is 120 Å². The third-order valence-electron chi connectivity index (χ3n) is 6.75. The van der Waals surface area contributed by atoms with Crippen molar-refractivity contribution >= 4 is 16.9 Å². The zero-order chi connectivity index (χ0) is 25.0. The van der Waals surface area contributed by atoms with Gasteiger partial charge in [0.15, 0.2) is 11.5 Å². The largest absolute Gasteiger partial charge is 0.508 e. The van der Waals surface area contributed by atoms with E-state index in [0.717, 1.165) is 5.56 Å². The van der Waals surface area contributed by atoms with Crippen LogP contribution in [-0.2, 0) is 17.8 Å². The highest BCUT2D eigenvalue weighted by Gasteiger charge is 2.34. The van der Waals surface area contributed by atoms with Gasteiger partial charge in [-0.25, -0.2) is 0 Å². The van der Waals surface area contributed by atoms with Gasteiger partial charge in [-0.1, -0.05) is 12.1 Å². The highest BCUT2D eigenvalue weighted by molar-refractivity contribution is 5.84. The van der Waals surface area contributed by atoms with Crippen LogP contribution in [0.5, 0.6) is 23.0 Å². The van der Waals surface area contributed by atoms with Crippen molar-refractivity contribution in [2.75, 3.05) is 6.79 Å². The molecule has 0 spiro atoms. The average molecular weight is 486 g/mol. The highest BCUT2D eigenvalue weighted by Crippen LogP contribution is 2.39. The van der Waals surface area contributed by atoms with E-state index in [0.29, 0.717) is 46.6 Å². The molecule has 4 heterocycles. The summed E-state index contributed by atoms with van der Waals surface area (Å²) in [5.41, 5.74) is 2.09. The fraction of sp³-hybridized carbons (Fsp3) is 0.222. The Hall–Kier alpha value is -4.53. The van der Waals surface area contributed by atoms with Crippen molar-refractivity contribution in [2.24, 2.45) is 0 Å². The number of H-pyrrole nitrogens is 1. The Morgan fingerprint density at radius 1 is 1.00 bits per heavy atom. The third kappa shape index (κ3) is 3.69. The molecule has 0 unspecified atom stereocenters. The maximum absolute atomic E-state index is 13.7. The molecule has 9 nitrogen and oxygen atoms in total. The number of aromatic amines is 1. The second-order valence-corrected chi connectivity index (χ2v) is 9.01. The lowest BCUT2D eigenvalue weighted by Crippen LogP contribution is -2.35. The van der Waals surface area contributed by atoms with Crippen molar-refractivity contribution in [3.05, 3.63) is 91.6 Å². The van der Waals surface area contributed by atoms with Gasteiger partial charge in [-0.05, 0) is 43.2 Å². The Balaban J connectivity index is 1.44. The summed E-state index contributed by atoms with van der Waals surface area (Å²) in [6, 6.07) is 13.7. The summed E-state index contributed by atoms with van der Waals surface area (Å²) in [6.07, 6.45) is 0.441. The SMILES string of the molecule is Cc1cc2c(c(=O)n1CCc1ccc(O)cc1)[C@H](c1cc3cc4c(cc3[nH]c1=O)OCO4)CC(=O)O2. The summed E-state index contributed by atoms with van der Waals surface area (Å²) in [5, 5.41) is 10.2. The first-order valence-corrected chi connectivity index (χ1v) is 11.6. The number of hydrogen-bond acceptors (Lipinski definition) is 7. The maximum atomic E-state index is 13.7. The fourth-order valence-electron chi connectivity index (χ4n) is 4.91.